The van der Waals surface area contributed by atoms with Crippen LogP contribution in [0.2, 0.25) is 0 Å². The second-order valence-corrected chi connectivity index (χ2v) is 3.90. The molecular formula is C9H11N3O4. The minimum atomic E-state index is -0.686. The molecule has 7 heteroatoms. The zero-order chi connectivity index (χ0) is 11.3. The third-order valence-electron chi connectivity index (χ3n) is 2.89. The van der Waals surface area contributed by atoms with Crippen molar-refractivity contribution in [3.05, 3.63) is 22.7 Å². The lowest BCUT2D eigenvalue weighted by Gasteiger charge is -2.23. The Hall–Kier alpha value is -1.44. The van der Waals surface area contributed by atoms with Crippen LogP contribution >= 0.6 is 0 Å². The molecule has 0 spiro atoms. The van der Waals surface area contributed by atoms with Gasteiger partial charge in [0.15, 0.2) is 6.23 Å². The predicted molar refractivity (Wildman–Crippen MR) is 52.6 cm³/mol. The summed E-state index contributed by atoms with van der Waals surface area (Å²) in [5.74, 6) is 0.158. The molecule has 7 nitrogen and oxygen atoms in total. The molecule has 2 fully saturated rings. The molecule has 0 unspecified atom stereocenters. The summed E-state index contributed by atoms with van der Waals surface area (Å²) in [6, 6.07) is 1.50. The van der Waals surface area contributed by atoms with E-state index in [1.165, 1.54) is 16.8 Å². The van der Waals surface area contributed by atoms with Crippen LogP contribution in [0, 0.1) is 0 Å². The van der Waals surface area contributed by atoms with Crippen molar-refractivity contribution in [1.29, 1.82) is 0 Å². The van der Waals surface area contributed by atoms with Crippen molar-refractivity contribution in [3.63, 3.8) is 0 Å². The molecule has 2 saturated heterocycles. The summed E-state index contributed by atoms with van der Waals surface area (Å²) in [6.07, 6.45) is -0.678. The molecule has 2 aliphatic heterocycles. The van der Waals surface area contributed by atoms with Gasteiger partial charge in [0.05, 0.1) is 6.61 Å². The zero-order valence-corrected chi connectivity index (χ0v) is 8.31. The van der Waals surface area contributed by atoms with Gasteiger partial charge in [-0.25, -0.2) is 4.79 Å². The van der Waals surface area contributed by atoms with Crippen molar-refractivity contribution in [1.82, 2.24) is 9.55 Å². The first-order chi connectivity index (χ1) is 7.66. The van der Waals surface area contributed by atoms with Gasteiger partial charge in [0.2, 0.25) is 0 Å². The third-order valence-corrected chi connectivity index (χ3v) is 2.89. The Labute approximate surface area is 90.4 Å². The lowest BCUT2D eigenvalue weighted by atomic mass is 10.2. The van der Waals surface area contributed by atoms with E-state index in [1.807, 2.05) is 0 Å². The molecule has 86 valence electrons. The highest BCUT2D eigenvalue weighted by molar-refractivity contribution is 5.23. The summed E-state index contributed by atoms with van der Waals surface area (Å²) < 4.78 is 12.1. The molecule has 16 heavy (non-hydrogen) atoms. The number of fused-ring (bicyclic) bond motifs is 2. The normalized spacial score (nSPS) is 36.8. The molecule has 0 amide bonds. The van der Waals surface area contributed by atoms with Crippen LogP contribution < -0.4 is 11.4 Å². The molecule has 3 heterocycles. The molecule has 0 aliphatic carbocycles. The van der Waals surface area contributed by atoms with Crippen molar-refractivity contribution in [2.45, 2.75) is 24.5 Å². The number of nitrogens with two attached hydrogens (primary N) is 1. The highest BCUT2D eigenvalue weighted by atomic mass is 16.6. The minimum absolute atomic E-state index is 0.158. The Bertz CT molecular complexity index is 474. The van der Waals surface area contributed by atoms with Gasteiger partial charge in [0.1, 0.15) is 24.1 Å². The lowest BCUT2D eigenvalue weighted by Crippen LogP contribution is -2.35. The van der Waals surface area contributed by atoms with Gasteiger partial charge in [0.25, 0.3) is 0 Å². The largest absolute Gasteiger partial charge is 0.387 e. The average Bonchev–Trinajstić information content (AvgIpc) is 2.74. The van der Waals surface area contributed by atoms with Gasteiger partial charge >= 0.3 is 5.69 Å². The van der Waals surface area contributed by atoms with Crippen LogP contribution in [0.4, 0.5) is 5.82 Å². The molecular weight excluding hydrogens is 214 g/mol. The maximum Gasteiger partial charge on any atom is 0.351 e. The highest BCUT2D eigenvalue weighted by Gasteiger charge is 2.51. The van der Waals surface area contributed by atoms with E-state index in [0.29, 0.717) is 6.61 Å². The van der Waals surface area contributed by atoms with E-state index in [-0.39, 0.29) is 11.9 Å². The monoisotopic (exact) mass is 225 g/mol. The van der Waals surface area contributed by atoms with Crippen molar-refractivity contribution in [2.75, 3.05) is 12.3 Å². The Morgan fingerprint density at radius 2 is 2.44 bits per heavy atom. The fourth-order valence-electron chi connectivity index (χ4n) is 2.09. The summed E-state index contributed by atoms with van der Waals surface area (Å²) in [7, 11) is 0. The number of aromatic nitrogens is 2. The van der Waals surface area contributed by atoms with E-state index in [1.54, 1.807) is 0 Å². The van der Waals surface area contributed by atoms with Crippen LogP contribution in [0.25, 0.3) is 0 Å². The van der Waals surface area contributed by atoms with Crippen molar-refractivity contribution >= 4 is 5.82 Å². The smallest absolute Gasteiger partial charge is 0.351 e. The zero-order valence-electron chi connectivity index (χ0n) is 8.31. The molecule has 2 aliphatic rings. The molecule has 0 radical (unpaired) electrons. The standard InChI is InChI=1S/C9H11N3O4/c10-5-1-2-12(9(14)11-5)8-7-6(13)4(16-8)3-15-7/h1-2,4,6-8,13H,3H2,(H2,10,11,14)/t4-,6+,7-,8+/m0/s1. The van der Waals surface area contributed by atoms with Gasteiger partial charge in [-0.2, -0.15) is 4.98 Å². The number of ether oxygens (including phenoxy) is 2. The van der Waals surface area contributed by atoms with Crippen LogP contribution in [0.15, 0.2) is 17.1 Å². The van der Waals surface area contributed by atoms with Gasteiger partial charge in [-0.05, 0) is 6.07 Å². The quantitative estimate of drug-likeness (QED) is 0.602. The SMILES string of the molecule is Nc1ccn([C@@H]2O[C@H]3CO[C@H]2[C@@H]3O)c(=O)n1. The highest BCUT2D eigenvalue weighted by Crippen LogP contribution is 2.36. The number of aliphatic hydroxyl groups is 1. The molecule has 1 aromatic rings. The second kappa shape index (κ2) is 3.27. The number of aliphatic hydroxyl groups excluding tert-OH is 1. The molecule has 4 atom stereocenters. The summed E-state index contributed by atoms with van der Waals surface area (Å²) in [6.45, 7) is 0.361. The van der Waals surface area contributed by atoms with Crippen LogP contribution in [0.3, 0.4) is 0 Å². The first-order valence-corrected chi connectivity index (χ1v) is 4.96. The fraction of sp³-hybridized carbons (Fsp3) is 0.556. The number of hydrogen-bond acceptors (Lipinski definition) is 6. The maximum absolute atomic E-state index is 11.6. The second-order valence-electron chi connectivity index (χ2n) is 3.90. The number of anilines is 1. The Morgan fingerprint density at radius 1 is 1.62 bits per heavy atom. The molecule has 0 saturated carbocycles. The fourth-order valence-corrected chi connectivity index (χ4v) is 2.09. The van der Waals surface area contributed by atoms with E-state index >= 15 is 0 Å². The van der Waals surface area contributed by atoms with E-state index < -0.39 is 24.1 Å². The summed E-state index contributed by atoms with van der Waals surface area (Å²) in [4.78, 5) is 15.2. The first-order valence-electron chi connectivity index (χ1n) is 4.96. The van der Waals surface area contributed by atoms with Gasteiger partial charge in [-0.1, -0.05) is 0 Å². The summed E-state index contributed by atoms with van der Waals surface area (Å²) in [5.41, 5.74) is 4.88. The van der Waals surface area contributed by atoms with E-state index in [9.17, 15) is 9.90 Å². The van der Waals surface area contributed by atoms with Gasteiger partial charge in [0, 0.05) is 6.20 Å². The van der Waals surface area contributed by atoms with Crippen LogP contribution in [0.5, 0.6) is 0 Å². The maximum atomic E-state index is 11.6. The van der Waals surface area contributed by atoms with E-state index in [4.69, 9.17) is 15.2 Å². The number of nitrogens with zero attached hydrogens (tertiary/aromatic N) is 2. The molecule has 2 bridgehead atoms. The van der Waals surface area contributed by atoms with Crippen molar-refractivity contribution in [2.24, 2.45) is 0 Å². The van der Waals surface area contributed by atoms with Gasteiger partial charge < -0.3 is 20.3 Å². The van der Waals surface area contributed by atoms with E-state index in [2.05, 4.69) is 4.98 Å². The summed E-state index contributed by atoms with van der Waals surface area (Å²) >= 11 is 0. The molecule has 0 aromatic carbocycles. The first kappa shape index (κ1) is 9.76. The molecule has 1 aromatic heterocycles. The Kier molecular flexibility index (Phi) is 2.00. The van der Waals surface area contributed by atoms with Gasteiger partial charge in [-0.3, -0.25) is 4.57 Å². The predicted octanol–water partition coefficient (Wildman–Crippen LogP) is -1.52. The lowest BCUT2D eigenvalue weighted by molar-refractivity contribution is -0.128. The minimum Gasteiger partial charge on any atom is -0.387 e. The number of rotatable bonds is 1. The van der Waals surface area contributed by atoms with E-state index in [0.717, 1.165) is 0 Å². The van der Waals surface area contributed by atoms with Crippen LogP contribution in [-0.4, -0.2) is 39.6 Å². The molecule has 3 rings (SSSR count). The Morgan fingerprint density at radius 3 is 3.00 bits per heavy atom. The van der Waals surface area contributed by atoms with Crippen molar-refractivity contribution in [3.8, 4) is 0 Å². The topological polar surface area (TPSA) is 99.6 Å². The third kappa shape index (κ3) is 1.26. The van der Waals surface area contributed by atoms with Crippen LogP contribution in [-0.2, 0) is 9.47 Å². The number of nitrogen functional groups attached to an aromatic ring is 1. The van der Waals surface area contributed by atoms with Crippen molar-refractivity contribution < 1.29 is 14.6 Å². The Balaban J connectivity index is 1.97. The van der Waals surface area contributed by atoms with Crippen LogP contribution in [0.1, 0.15) is 6.23 Å². The molecule has 3 N–H and O–H groups in total. The number of hydrogen-bond donors (Lipinski definition) is 2. The average molecular weight is 225 g/mol. The van der Waals surface area contributed by atoms with Gasteiger partial charge in [-0.15, -0.1) is 0 Å². The summed E-state index contributed by atoms with van der Waals surface area (Å²) in [5, 5.41) is 9.70.